The summed E-state index contributed by atoms with van der Waals surface area (Å²) in [5, 5.41) is 1.22. The molecule has 1 aromatic carbocycles. The molecule has 0 aliphatic carbocycles. The van der Waals surface area contributed by atoms with Crippen LogP contribution >= 0.6 is 11.3 Å². The monoisotopic (exact) mass is 200 g/mol. The van der Waals surface area contributed by atoms with Crippen molar-refractivity contribution in [3.8, 4) is 0 Å². The highest BCUT2D eigenvalue weighted by Crippen LogP contribution is 2.30. The summed E-state index contributed by atoms with van der Waals surface area (Å²) in [7, 11) is 0. The van der Waals surface area contributed by atoms with Crippen LogP contribution in [0.3, 0.4) is 0 Å². The number of thiophene rings is 1. The maximum Gasteiger partial charge on any atom is 0.143 e. The molecular formula is C11H8N2S. The van der Waals surface area contributed by atoms with E-state index in [1.807, 2.05) is 0 Å². The first-order chi connectivity index (χ1) is 6.84. The van der Waals surface area contributed by atoms with Crippen LogP contribution in [0.2, 0.25) is 0 Å². The molecule has 0 N–H and O–H groups in total. The molecule has 0 spiro atoms. The van der Waals surface area contributed by atoms with Gasteiger partial charge in [0.05, 0.1) is 0 Å². The maximum atomic E-state index is 4.36. The second-order valence-corrected chi connectivity index (χ2v) is 4.34. The first-order valence-electron chi connectivity index (χ1n) is 4.44. The lowest BCUT2D eigenvalue weighted by atomic mass is 10.2. The Labute approximate surface area is 85.2 Å². The molecule has 0 aliphatic rings. The highest BCUT2D eigenvalue weighted by Gasteiger charge is 2.05. The van der Waals surface area contributed by atoms with Crippen LogP contribution in [0.15, 0.2) is 30.6 Å². The van der Waals surface area contributed by atoms with Crippen LogP contribution in [0.1, 0.15) is 5.56 Å². The van der Waals surface area contributed by atoms with Crippen molar-refractivity contribution >= 4 is 31.8 Å². The molecule has 14 heavy (non-hydrogen) atoms. The molecule has 0 saturated carbocycles. The molecule has 0 aliphatic heterocycles. The lowest BCUT2D eigenvalue weighted by Gasteiger charge is -1.91. The van der Waals surface area contributed by atoms with Gasteiger partial charge in [-0.1, -0.05) is 11.6 Å². The molecule has 2 aromatic heterocycles. The van der Waals surface area contributed by atoms with Gasteiger partial charge in [0.1, 0.15) is 10.3 Å². The number of benzene rings is 1. The molecule has 0 fully saturated rings. The first-order valence-corrected chi connectivity index (χ1v) is 5.26. The van der Waals surface area contributed by atoms with E-state index in [9.17, 15) is 0 Å². The summed E-state index contributed by atoms with van der Waals surface area (Å²) in [5.41, 5.74) is 2.29. The van der Waals surface area contributed by atoms with Crippen molar-refractivity contribution in [2.24, 2.45) is 0 Å². The molecule has 0 bridgehead atoms. The van der Waals surface area contributed by atoms with E-state index < -0.39 is 0 Å². The van der Waals surface area contributed by atoms with E-state index in [1.54, 1.807) is 23.7 Å². The third-order valence-corrected chi connectivity index (χ3v) is 3.33. The van der Waals surface area contributed by atoms with Crippen LogP contribution in [0.25, 0.3) is 20.4 Å². The van der Waals surface area contributed by atoms with Crippen molar-refractivity contribution in [1.82, 2.24) is 9.97 Å². The molecule has 0 atom stereocenters. The molecule has 2 heterocycles. The van der Waals surface area contributed by atoms with Gasteiger partial charge in [0.2, 0.25) is 0 Å². The molecule has 0 radical (unpaired) electrons. The topological polar surface area (TPSA) is 25.8 Å². The summed E-state index contributed by atoms with van der Waals surface area (Å²) in [4.78, 5) is 9.68. The SMILES string of the molecule is Cc1ccc2sc3nccnc3c2c1. The Morgan fingerprint density at radius 2 is 2.00 bits per heavy atom. The van der Waals surface area contributed by atoms with E-state index in [2.05, 4.69) is 35.1 Å². The zero-order valence-corrected chi connectivity index (χ0v) is 8.51. The van der Waals surface area contributed by atoms with Gasteiger partial charge in [-0.15, -0.1) is 11.3 Å². The zero-order valence-electron chi connectivity index (χ0n) is 7.69. The molecule has 3 heteroatoms. The van der Waals surface area contributed by atoms with Crippen LogP contribution in [0.5, 0.6) is 0 Å². The van der Waals surface area contributed by atoms with E-state index in [0.29, 0.717) is 0 Å². The van der Waals surface area contributed by atoms with Gasteiger partial charge in [-0.05, 0) is 19.1 Å². The summed E-state index contributed by atoms with van der Waals surface area (Å²) in [6.45, 7) is 2.10. The molecule has 68 valence electrons. The predicted molar refractivity (Wildman–Crippen MR) is 59.7 cm³/mol. The quantitative estimate of drug-likeness (QED) is 0.557. The van der Waals surface area contributed by atoms with Gasteiger partial charge >= 0.3 is 0 Å². The Kier molecular flexibility index (Phi) is 1.55. The number of hydrogen-bond acceptors (Lipinski definition) is 3. The Hall–Kier alpha value is -1.48. The summed E-state index contributed by atoms with van der Waals surface area (Å²) in [5.74, 6) is 0. The third kappa shape index (κ3) is 1.02. The maximum absolute atomic E-state index is 4.36. The van der Waals surface area contributed by atoms with E-state index >= 15 is 0 Å². The lowest BCUT2D eigenvalue weighted by Crippen LogP contribution is -1.76. The zero-order chi connectivity index (χ0) is 9.54. The van der Waals surface area contributed by atoms with Gasteiger partial charge in [0.25, 0.3) is 0 Å². The number of aromatic nitrogens is 2. The average molecular weight is 200 g/mol. The molecular weight excluding hydrogens is 192 g/mol. The highest BCUT2D eigenvalue weighted by molar-refractivity contribution is 7.25. The van der Waals surface area contributed by atoms with Crippen molar-refractivity contribution < 1.29 is 0 Å². The minimum atomic E-state index is 1.02. The normalized spacial score (nSPS) is 11.2. The minimum absolute atomic E-state index is 1.02. The second-order valence-electron chi connectivity index (χ2n) is 3.31. The Morgan fingerprint density at radius 3 is 2.93 bits per heavy atom. The Balaban J connectivity index is 2.58. The van der Waals surface area contributed by atoms with Crippen molar-refractivity contribution in [3.05, 3.63) is 36.2 Å². The van der Waals surface area contributed by atoms with E-state index in [0.717, 1.165) is 10.3 Å². The largest absolute Gasteiger partial charge is 0.251 e. The van der Waals surface area contributed by atoms with Crippen LogP contribution in [-0.2, 0) is 0 Å². The van der Waals surface area contributed by atoms with Gasteiger partial charge in [-0.2, -0.15) is 0 Å². The lowest BCUT2D eigenvalue weighted by molar-refractivity contribution is 1.32. The summed E-state index contributed by atoms with van der Waals surface area (Å²) < 4.78 is 1.26. The molecule has 0 amide bonds. The molecule has 0 unspecified atom stereocenters. The fourth-order valence-corrected chi connectivity index (χ4v) is 2.59. The second kappa shape index (κ2) is 2.75. The van der Waals surface area contributed by atoms with E-state index in [1.165, 1.54) is 15.6 Å². The van der Waals surface area contributed by atoms with Crippen LogP contribution in [-0.4, -0.2) is 9.97 Å². The van der Waals surface area contributed by atoms with Crippen LogP contribution in [0.4, 0.5) is 0 Å². The van der Waals surface area contributed by atoms with Gasteiger partial charge in [-0.3, -0.25) is 4.98 Å². The minimum Gasteiger partial charge on any atom is -0.251 e. The number of aryl methyl sites for hydroxylation is 1. The first kappa shape index (κ1) is 7.88. The van der Waals surface area contributed by atoms with Gasteiger partial charge in [-0.25, -0.2) is 4.98 Å². The number of rotatable bonds is 0. The summed E-state index contributed by atoms with van der Waals surface area (Å²) in [6.07, 6.45) is 3.49. The van der Waals surface area contributed by atoms with Crippen molar-refractivity contribution in [2.75, 3.05) is 0 Å². The third-order valence-electron chi connectivity index (χ3n) is 2.26. The van der Waals surface area contributed by atoms with Crippen molar-refractivity contribution in [1.29, 1.82) is 0 Å². The standard InChI is InChI=1S/C11H8N2S/c1-7-2-3-9-8(6-7)10-11(14-9)13-5-4-12-10/h2-6H,1H3. The van der Waals surface area contributed by atoms with Crippen LogP contribution in [0, 0.1) is 6.92 Å². The molecule has 3 rings (SSSR count). The smallest absolute Gasteiger partial charge is 0.143 e. The average Bonchev–Trinajstić information content (AvgIpc) is 2.56. The summed E-state index contributed by atoms with van der Waals surface area (Å²) in [6, 6.07) is 6.43. The van der Waals surface area contributed by atoms with E-state index in [-0.39, 0.29) is 0 Å². The number of hydrogen-bond donors (Lipinski definition) is 0. The van der Waals surface area contributed by atoms with Gasteiger partial charge in [0, 0.05) is 22.5 Å². The summed E-state index contributed by atoms with van der Waals surface area (Å²) >= 11 is 1.70. The fourth-order valence-electron chi connectivity index (χ4n) is 1.61. The predicted octanol–water partition coefficient (Wildman–Crippen LogP) is 3.15. The molecule has 3 aromatic rings. The van der Waals surface area contributed by atoms with Crippen molar-refractivity contribution in [3.63, 3.8) is 0 Å². The Morgan fingerprint density at radius 1 is 1.14 bits per heavy atom. The van der Waals surface area contributed by atoms with Gasteiger partial charge in [0.15, 0.2) is 0 Å². The van der Waals surface area contributed by atoms with Crippen molar-refractivity contribution in [2.45, 2.75) is 6.92 Å². The number of nitrogens with zero attached hydrogens (tertiary/aromatic N) is 2. The molecule has 2 nitrogen and oxygen atoms in total. The molecule has 0 saturated heterocycles. The Bertz CT molecular complexity index is 613. The highest BCUT2D eigenvalue weighted by atomic mass is 32.1. The fraction of sp³-hybridized carbons (Fsp3) is 0.0909. The van der Waals surface area contributed by atoms with Crippen LogP contribution < -0.4 is 0 Å². The van der Waals surface area contributed by atoms with E-state index in [4.69, 9.17) is 0 Å². The van der Waals surface area contributed by atoms with Gasteiger partial charge < -0.3 is 0 Å². The number of fused-ring (bicyclic) bond motifs is 3.